The van der Waals surface area contributed by atoms with Crippen LogP contribution in [-0.2, 0) is 0 Å². The van der Waals surface area contributed by atoms with Gasteiger partial charge in [0, 0.05) is 0 Å². The van der Waals surface area contributed by atoms with E-state index in [9.17, 15) is 0 Å². The molecule has 104 valence electrons. The van der Waals surface area contributed by atoms with Crippen LogP contribution in [0.15, 0.2) is 54.6 Å². The van der Waals surface area contributed by atoms with Crippen molar-refractivity contribution in [2.45, 2.75) is 20.8 Å². The first-order valence-corrected chi connectivity index (χ1v) is 7.39. The van der Waals surface area contributed by atoms with E-state index in [2.05, 4.69) is 81.5 Å². The Kier molecular flexibility index (Phi) is 3.62. The fourth-order valence-corrected chi connectivity index (χ4v) is 3.03. The van der Waals surface area contributed by atoms with Gasteiger partial charge in [-0.05, 0) is 54.2 Å². The van der Waals surface area contributed by atoms with Crippen molar-refractivity contribution in [3.63, 3.8) is 0 Å². The third-order valence-corrected chi connectivity index (χ3v) is 3.95. The highest BCUT2D eigenvalue weighted by atomic mass is 14.2. The fourth-order valence-electron chi connectivity index (χ4n) is 3.03. The first-order chi connectivity index (χ1) is 10.1. The summed E-state index contributed by atoms with van der Waals surface area (Å²) in [6.45, 7) is 6.56. The molecular weight excluding hydrogens is 252 g/mol. The van der Waals surface area contributed by atoms with Gasteiger partial charge in [-0.25, -0.2) is 0 Å². The van der Waals surface area contributed by atoms with Gasteiger partial charge in [0.1, 0.15) is 0 Å². The van der Waals surface area contributed by atoms with Crippen LogP contribution in [0.1, 0.15) is 27.8 Å². The minimum Gasteiger partial charge on any atom is -0.0622 e. The largest absolute Gasteiger partial charge is 0.0622 e. The molecule has 0 heteroatoms. The summed E-state index contributed by atoms with van der Waals surface area (Å²) in [4.78, 5) is 0. The van der Waals surface area contributed by atoms with Crippen molar-refractivity contribution in [3.8, 4) is 11.1 Å². The van der Waals surface area contributed by atoms with Gasteiger partial charge < -0.3 is 0 Å². The Morgan fingerprint density at radius 2 is 1.43 bits per heavy atom. The van der Waals surface area contributed by atoms with Crippen LogP contribution in [0.2, 0.25) is 0 Å². The van der Waals surface area contributed by atoms with E-state index in [-0.39, 0.29) is 0 Å². The molecule has 21 heavy (non-hydrogen) atoms. The lowest BCUT2D eigenvalue weighted by Crippen LogP contribution is -1.80. The van der Waals surface area contributed by atoms with Gasteiger partial charge in [0.15, 0.2) is 0 Å². The molecule has 0 N–H and O–H groups in total. The maximum Gasteiger partial charge on any atom is -0.00794 e. The smallest absolute Gasteiger partial charge is 0.00794 e. The van der Waals surface area contributed by atoms with Crippen LogP contribution >= 0.6 is 0 Å². The topological polar surface area (TPSA) is 0 Å². The molecule has 0 spiro atoms. The lowest BCUT2D eigenvalue weighted by Gasteiger charge is -2.03. The lowest BCUT2D eigenvalue weighted by atomic mass is 10.0. The van der Waals surface area contributed by atoms with Crippen molar-refractivity contribution in [3.05, 3.63) is 82.4 Å². The first kappa shape index (κ1) is 13.6. The number of hydrogen-bond acceptors (Lipinski definition) is 0. The van der Waals surface area contributed by atoms with Crippen LogP contribution in [0.4, 0.5) is 0 Å². The van der Waals surface area contributed by atoms with Gasteiger partial charge in [0.25, 0.3) is 0 Å². The monoisotopic (exact) mass is 272 g/mol. The second-order valence-electron chi connectivity index (χ2n) is 5.72. The highest BCUT2D eigenvalue weighted by Gasteiger charge is 2.12. The van der Waals surface area contributed by atoms with Crippen LogP contribution in [0.5, 0.6) is 0 Å². The van der Waals surface area contributed by atoms with Crippen LogP contribution in [0, 0.1) is 20.8 Å². The maximum absolute atomic E-state index is 2.27. The zero-order valence-corrected chi connectivity index (χ0v) is 12.9. The summed E-state index contributed by atoms with van der Waals surface area (Å²) in [5.41, 5.74) is 9.26. The number of fused-ring (bicyclic) bond motifs is 1. The van der Waals surface area contributed by atoms with E-state index in [1.807, 2.05) is 6.07 Å². The second-order valence-corrected chi connectivity index (χ2v) is 5.72. The Hall–Kier alpha value is -2.34. The van der Waals surface area contributed by atoms with E-state index in [1.54, 1.807) is 0 Å². The number of aryl methyl sites for hydroxylation is 3. The summed E-state index contributed by atoms with van der Waals surface area (Å²) in [6, 6.07) is 19.4. The molecule has 3 rings (SSSR count). The Balaban J connectivity index is 2.09. The molecule has 0 radical (unpaired) electrons. The molecule has 2 aliphatic rings. The summed E-state index contributed by atoms with van der Waals surface area (Å²) < 4.78 is 0. The quantitative estimate of drug-likeness (QED) is 0.546. The Morgan fingerprint density at radius 3 is 2.19 bits per heavy atom. The zero-order chi connectivity index (χ0) is 14.8. The van der Waals surface area contributed by atoms with E-state index >= 15 is 0 Å². The molecule has 0 unspecified atom stereocenters. The van der Waals surface area contributed by atoms with Gasteiger partial charge in [-0.1, -0.05) is 72.3 Å². The molecule has 0 nitrogen and oxygen atoms in total. The second kappa shape index (κ2) is 5.57. The van der Waals surface area contributed by atoms with Gasteiger partial charge in [-0.2, -0.15) is 0 Å². The van der Waals surface area contributed by atoms with Crippen LogP contribution in [-0.4, -0.2) is 0 Å². The van der Waals surface area contributed by atoms with Gasteiger partial charge in [-0.3, -0.25) is 0 Å². The van der Waals surface area contributed by atoms with E-state index in [0.29, 0.717) is 0 Å². The van der Waals surface area contributed by atoms with Crippen molar-refractivity contribution in [2.24, 2.45) is 0 Å². The van der Waals surface area contributed by atoms with Crippen LogP contribution < -0.4 is 0 Å². The van der Waals surface area contributed by atoms with Crippen molar-refractivity contribution in [2.75, 3.05) is 0 Å². The van der Waals surface area contributed by atoms with Gasteiger partial charge in [0.2, 0.25) is 0 Å². The molecule has 0 aliphatic heterocycles. The molecule has 0 saturated carbocycles. The Bertz CT molecular complexity index is 764. The summed E-state index contributed by atoms with van der Waals surface area (Å²) >= 11 is 0. The summed E-state index contributed by atoms with van der Waals surface area (Å²) in [5, 5.41) is 0. The molecule has 0 aromatic heterocycles. The SMILES string of the molecule is Cc1cc(C)c2ccc(/C=C/c3ccccc3)c-2c(C)c1. The molecule has 0 saturated heterocycles. The maximum atomic E-state index is 2.27. The van der Waals surface area contributed by atoms with Gasteiger partial charge in [-0.15, -0.1) is 0 Å². The molecule has 1 aromatic rings. The molecule has 1 aromatic carbocycles. The normalized spacial score (nSPS) is 11.4. The molecule has 0 heterocycles. The van der Waals surface area contributed by atoms with Crippen molar-refractivity contribution >= 4 is 12.2 Å². The third-order valence-electron chi connectivity index (χ3n) is 3.95. The molecule has 2 aliphatic carbocycles. The van der Waals surface area contributed by atoms with Gasteiger partial charge in [0.05, 0.1) is 0 Å². The summed E-state index contributed by atoms with van der Waals surface area (Å²) in [7, 11) is 0. The Morgan fingerprint density at radius 1 is 0.714 bits per heavy atom. The zero-order valence-electron chi connectivity index (χ0n) is 12.9. The van der Waals surface area contributed by atoms with Crippen LogP contribution in [0.3, 0.4) is 0 Å². The number of rotatable bonds is 2. The average Bonchev–Trinajstić information content (AvgIpc) is 2.85. The predicted molar refractivity (Wildman–Crippen MR) is 92.6 cm³/mol. The van der Waals surface area contributed by atoms with Crippen molar-refractivity contribution in [1.29, 1.82) is 0 Å². The van der Waals surface area contributed by atoms with Crippen molar-refractivity contribution in [1.82, 2.24) is 0 Å². The summed E-state index contributed by atoms with van der Waals surface area (Å²) in [6.07, 6.45) is 4.41. The van der Waals surface area contributed by atoms with Crippen LogP contribution in [0.25, 0.3) is 23.3 Å². The average molecular weight is 272 g/mol. The van der Waals surface area contributed by atoms with E-state index in [0.717, 1.165) is 0 Å². The van der Waals surface area contributed by atoms with Gasteiger partial charge >= 0.3 is 0 Å². The minimum atomic E-state index is 1.23. The highest BCUT2D eigenvalue weighted by molar-refractivity contribution is 5.86. The fraction of sp³-hybridized carbons (Fsp3) is 0.143. The molecular formula is C21H20. The Labute approximate surface area is 127 Å². The molecule has 0 bridgehead atoms. The number of benzene rings is 1. The first-order valence-electron chi connectivity index (χ1n) is 7.39. The lowest BCUT2D eigenvalue weighted by molar-refractivity contribution is 1.42. The summed E-state index contributed by atoms with van der Waals surface area (Å²) in [5.74, 6) is 0. The minimum absolute atomic E-state index is 1.23. The van der Waals surface area contributed by atoms with Crippen molar-refractivity contribution < 1.29 is 0 Å². The molecule has 0 fully saturated rings. The van der Waals surface area contributed by atoms with E-state index in [4.69, 9.17) is 0 Å². The van der Waals surface area contributed by atoms with E-state index < -0.39 is 0 Å². The third kappa shape index (κ3) is 2.75. The molecule has 0 atom stereocenters. The predicted octanol–water partition coefficient (Wildman–Crippen LogP) is 5.89. The molecule has 0 amide bonds. The standard InChI is InChI=1S/C21H20/c1-15-13-16(2)20-12-11-19(21(20)17(3)14-15)10-9-18-7-5-4-6-8-18/h4-14H,1-3H3/b10-9+. The van der Waals surface area contributed by atoms with E-state index in [1.165, 1.54) is 38.9 Å². The highest BCUT2D eigenvalue weighted by Crippen LogP contribution is 2.34. The number of hydrogen-bond donors (Lipinski definition) is 0.